The van der Waals surface area contributed by atoms with Crippen LogP contribution in [0.5, 0.6) is 5.88 Å². The van der Waals surface area contributed by atoms with E-state index in [0.717, 1.165) is 35.5 Å². The van der Waals surface area contributed by atoms with E-state index in [-0.39, 0.29) is 0 Å². The Morgan fingerprint density at radius 3 is 2.42 bits per heavy atom. The second-order valence-corrected chi connectivity index (χ2v) is 7.77. The van der Waals surface area contributed by atoms with Crippen molar-refractivity contribution in [3.63, 3.8) is 0 Å². The van der Waals surface area contributed by atoms with Crippen molar-refractivity contribution in [2.24, 2.45) is 0 Å². The zero-order valence-corrected chi connectivity index (χ0v) is 18.0. The van der Waals surface area contributed by atoms with Crippen LogP contribution in [0.4, 0.5) is 5.69 Å². The second kappa shape index (κ2) is 8.99. The summed E-state index contributed by atoms with van der Waals surface area (Å²) in [5.74, 6) is 0.517. The number of nitrogens with zero attached hydrogens (tertiary/aromatic N) is 5. The molecule has 0 radical (unpaired) electrons. The molecule has 156 valence electrons. The van der Waals surface area contributed by atoms with E-state index in [0.29, 0.717) is 23.8 Å². The lowest BCUT2D eigenvalue weighted by molar-refractivity contribution is 0.275. The zero-order valence-electron chi connectivity index (χ0n) is 18.0. The molecule has 2 heterocycles. The predicted octanol–water partition coefficient (Wildman–Crippen LogP) is 5.25. The minimum atomic E-state index is 0.517. The van der Waals surface area contributed by atoms with Gasteiger partial charge in [-0.3, -0.25) is 4.40 Å². The molecule has 0 atom stereocenters. The number of imidazole rings is 1. The Labute approximate surface area is 182 Å². The van der Waals surface area contributed by atoms with Crippen LogP contribution in [-0.4, -0.2) is 46.5 Å². The molecule has 4 rings (SSSR count). The largest absolute Gasteiger partial charge is 0.475 e. The molecule has 0 saturated heterocycles. The van der Waals surface area contributed by atoms with Crippen LogP contribution in [0.25, 0.3) is 33.0 Å². The van der Waals surface area contributed by atoms with E-state index >= 15 is 0 Å². The van der Waals surface area contributed by atoms with Gasteiger partial charge in [-0.1, -0.05) is 54.1 Å². The SMILES string of the molecule is [C-]#[N+]c1ccc(-c2nc(OCCCN(C)C)c3nccn3c2-c2ccc(C)cc2)cc1. The fourth-order valence-electron chi connectivity index (χ4n) is 3.49. The van der Waals surface area contributed by atoms with Crippen molar-refractivity contribution < 1.29 is 4.74 Å². The monoisotopic (exact) mass is 411 g/mol. The molecule has 0 aliphatic rings. The maximum atomic E-state index is 7.23. The summed E-state index contributed by atoms with van der Waals surface area (Å²) in [6, 6.07) is 15.9. The molecule has 0 amide bonds. The number of rotatable bonds is 7. The Bertz CT molecular complexity index is 1220. The third kappa shape index (κ3) is 4.42. The van der Waals surface area contributed by atoms with Crippen LogP contribution >= 0.6 is 0 Å². The molecule has 0 aliphatic carbocycles. The van der Waals surface area contributed by atoms with Crippen molar-refractivity contribution in [3.8, 4) is 28.4 Å². The summed E-state index contributed by atoms with van der Waals surface area (Å²) in [5.41, 5.74) is 6.22. The third-order valence-electron chi connectivity index (χ3n) is 5.09. The van der Waals surface area contributed by atoms with Crippen LogP contribution in [-0.2, 0) is 0 Å². The van der Waals surface area contributed by atoms with Crippen molar-refractivity contribution in [3.05, 3.63) is 77.9 Å². The molecule has 6 heteroatoms. The van der Waals surface area contributed by atoms with Gasteiger partial charge in [0, 0.05) is 24.5 Å². The number of hydrogen-bond donors (Lipinski definition) is 0. The number of aromatic nitrogens is 3. The molecule has 0 unspecified atom stereocenters. The highest BCUT2D eigenvalue weighted by Crippen LogP contribution is 2.35. The van der Waals surface area contributed by atoms with Crippen molar-refractivity contribution in [2.75, 3.05) is 27.2 Å². The lowest BCUT2D eigenvalue weighted by Gasteiger charge is -2.16. The predicted molar refractivity (Wildman–Crippen MR) is 124 cm³/mol. The highest BCUT2D eigenvalue weighted by Gasteiger charge is 2.19. The first kappa shape index (κ1) is 20.6. The summed E-state index contributed by atoms with van der Waals surface area (Å²) < 4.78 is 8.11. The minimum absolute atomic E-state index is 0.517. The molecule has 0 saturated carbocycles. The van der Waals surface area contributed by atoms with Crippen LogP contribution in [0.3, 0.4) is 0 Å². The molecule has 0 bridgehead atoms. The smallest absolute Gasteiger partial charge is 0.258 e. The summed E-state index contributed by atoms with van der Waals surface area (Å²) in [5, 5.41) is 0. The molecule has 2 aromatic heterocycles. The number of benzene rings is 2. The van der Waals surface area contributed by atoms with Gasteiger partial charge in [-0.05, 0) is 33.0 Å². The Hall–Kier alpha value is -3.69. The van der Waals surface area contributed by atoms with Gasteiger partial charge in [-0.2, -0.15) is 0 Å². The molecule has 6 nitrogen and oxygen atoms in total. The van der Waals surface area contributed by atoms with Crippen molar-refractivity contribution in [2.45, 2.75) is 13.3 Å². The van der Waals surface area contributed by atoms with Gasteiger partial charge in [0.2, 0.25) is 5.65 Å². The highest BCUT2D eigenvalue weighted by molar-refractivity contribution is 5.82. The second-order valence-electron chi connectivity index (χ2n) is 7.77. The number of aryl methyl sites for hydroxylation is 1. The highest BCUT2D eigenvalue weighted by atomic mass is 16.5. The van der Waals surface area contributed by atoms with Crippen molar-refractivity contribution in [1.29, 1.82) is 0 Å². The van der Waals surface area contributed by atoms with Gasteiger partial charge in [-0.15, -0.1) is 0 Å². The van der Waals surface area contributed by atoms with Crippen LogP contribution in [0.2, 0.25) is 0 Å². The van der Waals surface area contributed by atoms with E-state index in [2.05, 4.69) is 45.9 Å². The van der Waals surface area contributed by atoms with Crippen LogP contribution in [0, 0.1) is 13.5 Å². The first-order chi connectivity index (χ1) is 15.1. The van der Waals surface area contributed by atoms with E-state index in [1.807, 2.05) is 49.0 Å². The van der Waals surface area contributed by atoms with Crippen LogP contribution in [0.1, 0.15) is 12.0 Å². The quantitative estimate of drug-likeness (QED) is 0.308. The van der Waals surface area contributed by atoms with Gasteiger partial charge in [0.15, 0.2) is 5.69 Å². The molecule has 0 N–H and O–H groups in total. The fourth-order valence-corrected chi connectivity index (χ4v) is 3.49. The molecular weight excluding hydrogens is 386 g/mol. The lowest BCUT2D eigenvalue weighted by Crippen LogP contribution is -2.16. The van der Waals surface area contributed by atoms with Gasteiger partial charge in [0.25, 0.3) is 5.88 Å². The summed E-state index contributed by atoms with van der Waals surface area (Å²) in [6.45, 7) is 10.8. The fraction of sp³-hybridized carbons (Fsp3) is 0.240. The van der Waals surface area contributed by atoms with Crippen molar-refractivity contribution >= 4 is 11.3 Å². The van der Waals surface area contributed by atoms with E-state index in [9.17, 15) is 0 Å². The Morgan fingerprint density at radius 1 is 1.03 bits per heavy atom. The van der Waals surface area contributed by atoms with Crippen LogP contribution < -0.4 is 4.74 Å². The maximum Gasteiger partial charge on any atom is 0.258 e. The maximum absolute atomic E-state index is 7.23. The Balaban J connectivity index is 1.85. The first-order valence-electron chi connectivity index (χ1n) is 10.3. The summed E-state index contributed by atoms with van der Waals surface area (Å²) in [7, 11) is 4.10. The molecule has 0 spiro atoms. The number of fused-ring (bicyclic) bond motifs is 1. The topological polar surface area (TPSA) is 47.0 Å². The lowest BCUT2D eigenvalue weighted by atomic mass is 10.0. The number of hydrogen-bond acceptors (Lipinski definition) is 4. The van der Waals surface area contributed by atoms with E-state index < -0.39 is 0 Å². The van der Waals surface area contributed by atoms with E-state index in [1.54, 1.807) is 6.20 Å². The van der Waals surface area contributed by atoms with E-state index in [1.165, 1.54) is 5.56 Å². The van der Waals surface area contributed by atoms with E-state index in [4.69, 9.17) is 16.3 Å². The average Bonchev–Trinajstić information content (AvgIpc) is 3.27. The molecular formula is C25H25N5O. The molecule has 0 aliphatic heterocycles. The molecule has 31 heavy (non-hydrogen) atoms. The van der Waals surface area contributed by atoms with Gasteiger partial charge in [0.05, 0.1) is 24.6 Å². The number of ether oxygens (including phenoxy) is 1. The zero-order chi connectivity index (χ0) is 21.8. The van der Waals surface area contributed by atoms with Crippen molar-refractivity contribution in [1.82, 2.24) is 19.3 Å². The molecule has 4 aromatic rings. The first-order valence-corrected chi connectivity index (χ1v) is 10.3. The molecule has 0 fully saturated rings. The standard InChI is InChI=1S/C25H25N5O/c1-18-6-8-20(9-7-18)23-22(19-10-12-21(26-2)13-11-19)28-25(24-27-14-16-30(23)24)31-17-5-15-29(3)4/h6-14,16H,5,15,17H2,1,3-4H3. The van der Waals surface area contributed by atoms with Gasteiger partial charge in [0.1, 0.15) is 0 Å². The summed E-state index contributed by atoms with van der Waals surface area (Å²) in [4.78, 5) is 15.1. The van der Waals surface area contributed by atoms with Gasteiger partial charge >= 0.3 is 0 Å². The Morgan fingerprint density at radius 2 is 1.74 bits per heavy atom. The Kier molecular flexibility index (Phi) is 5.96. The average molecular weight is 412 g/mol. The van der Waals surface area contributed by atoms with Gasteiger partial charge in [-0.25, -0.2) is 14.8 Å². The normalized spacial score (nSPS) is 11.1. The minimum Gasteiger partial charge on any atom is -0.475 e. The summed E-state index contributed by atoms with van der Waals surface area (Å²) in [6.07, 6.45) is 4.61. The summed E-state index contributed by atoms with van der Waals surface area (Å²) >= 11 is 0. The van der Waals surface area contributed by atoms with Gasteiger partial charge < -0.3 is 9.64 Å². The third-order valence-corrected chi connectivity index (χ3v) is 5.09. The molecule has 2 aromatic carbocycles. The van der Waals surface area contributed by atoms with Crippen LogP contribution in [0.15, 0.2) is 60.9 Å².